The molecule has 0 amide bonds. The van der Waals surface area contributed by atoms with Crippen molar-refractivity contribution in [3.8, 4) is 11.5 Å². The van der Waals surface area contributed by atoms with Crippen LogP contribution in [0.15, 0.2) is 42.5 Å². The van der Waals surface area contributed by atoms with Crippen LogP contribution < -0.4 is 14.4 Å². The second-order valence-electron chi connectivity index (χ2n) is 6.57. The molecule has 1 N–H and O–H groups in total. The summed E-state index contributed by atoms with van der Waals surface area (Å²) in [4.78, 5) is 1.96. The number of benzene rings is 2. The van der Waals surface area contributed by atoms with Gasteiger partial charge >= 0.3 is 0 Å². The molecule has 0 saturated heterocycles. The Balaban J connectivity index is 1.77. The molecule has 2 heterocycles. The Bertz CT molecular complexity index is 884. The number of aliphatic hydroxyl groups is 1. The SMILES string of the molecule is COc1ccc(N2C[C@@](O)(c3ccc(OC)cc3F)[N+]3=C2COCC3)cc1. The van der Waals surface area contributed by atoms with Crippen molar-refractivity contribution in [1.29, 1.82) is 0 Å². The maximum absolute atomic E-state index is 14.8. The summed E-state index contributed by atoms with van der Waals surface area (Å²) in [5, 5.41) is 11.5. The van der Waals surface area contributed by atoms with Crippen LogP contribution >= 0.6 is 0 Å². The van der Waals surface area contributed by atoms with Crippen LogP contribution in [0.2, 0.25) is 0 Å². The summed E-state index contributed by atoms with van der Waals surface area (Å²) in [6, 6.07) is 12.1. The molecule has 0 unspecified atom stereocenters. The molecule has 0 bridgehead atoms. The number of anilines is 1. The Morgan fingerprint density at radius 1 is 1.11 bits per heavy atom. The molecule has 142 valence electrons. The molecule has 0 spiro atoms. The molecule has 1 atom stereocenters. The number of nitrogens with zero attached hydrogens (tertiary/aromatic N) is 2. The zero-order valence-electron chi connectivity index (χ0n) is 15.3. The van der Waals surface area contributed by atoms with Gasteiger partial charge in [0.2, 0.25) is 0 Å². The summed E-state index contributed by atoms with van der Waals surface area (Å²) in [5.74, 6) is 1.47. The molecule has 7 heteroatoms. The van der Waals surface area contributed by atoms with Gasteiger partial charge in [-0.05, 0) is 36.4 Å². The average molecular weight is 373 g/mol. The fraction of sp³-hybridized carbons (Fsp3) is 0.350. The second-order valence-corrected chi connectivity index (χ2v) is 6.57. The number of halogens is 1. The summed E-state index contributed by atoms with van der Waals surface area (Å²) >= 11 is 0. The topological polar surface area (TPSA) is 54.2 Å². The molecule has 6 nitrogen and oxygen atoms in total. The number of hydrogen-bond donors (Lipinski definition) is 1. The maximum Gasteiger partial charge on any atom is 0.281 e. The third-order valence-corrected chi connectivity index (χ3v) is 5.13. The quantitative estimate of drug-likeness (QED) is 0.831. The number of methoxy groups -OCH3 is 2. The van der Waals surface area contributed by atoms with Gasteiger partial charge in [0, 0.05) is 6.07 Å². The number of amidine groups is 1. The van der Waals surface area contributed by atoms with Gasteiger partial charge in [-0.25, -0.2) is 13.9 Å². The molecule has 0 saturated carbocycles. The summed E-state index contributed by atoms with van der Waals surface area (Å²) in [7, 11) is 3.10. The molecule has 0 aliphatic carbocycles. The van der Waals surface area contributed by atoms with Gasteiger partial charge in [-0.1, -0.05) is 0 Å². The van der Waals surface area contributed by atoms with Crippen LogP contribution in [0.3, 0.4) is 0 Å². The lowest BCUT2D eigenvalue weighted by Crippen LogP contribution is -2.44. The summed E-state index contributed by atoms with van der Waals surface area (Å²) in [5.41, 5.74) is -0.389. The lowest BCUT2D eigenvalue weighted by atomic mass is 10.0. The molecule has 2 aromatic rings. The lowest BCUT2D eigenvalue weighted by Gasteiger charge is -2.25. The van der Waals surface area contributed by atoms with Crippen molar-refractivity contribution in [2.24, 2.45) is 0 Å². The molecule has 2 aliphatic heterocycles. The van der Waals surface area contributed by atoms with Gasteiger partial charge in [0.05, 0.1) is 26.4 Å². The minimum Gasteiger partial charge on any atom is -0.497 e. The van der Waals surface area contributed by atoms with Crippen molar-refractivity contribution in [3.63, 3.8) is 0 Å². The Hall–Kier alpha value is -2.64. The molecular weight excluding hydrogens is 351 g/mol. The highest BCUT2D eigenvalue weighted by Crippen LogP contribution is 2.36. The largest absolute Gasteiger partial charge is 0.497 e. The fourth-order valence-electron chi connectivity index (χ4n) is 3.73. The Morgan fingerprint density at radius 2 is 1.81 bits per heavy atom. The van der Waals surface area contributed by atoms with Gasteiger partial charge in [0.25, 0.3) is 11.6 Å². The molecule has 0 fully saturated rings. The van der Waals surface area contributed by atoms with Gasteiger partial charge in [-0.15, -0.1) is 0 Å². The van der Waals surface area contributed by atoms with Crippen molar-refractivity contribution in [1.82, 2.24) is 0 Å². The molecular formula is C20H22FN2O4+. The third-order valence-electron chi connectivity index (χ3n) is 5.13. The first-order valence-corrected chi connectivity index (χ1v) is 8.76. The first kappa shape index (κ1) is 17.8. The summed E-state index contributed by atoms with van der Waals surface area (Å²) in [6.07, 6.45) is 0. The monoisotopic (exact) mass is 373 g/mol. The number of ether oxygens (including phenoxy) is 3. The van der Waals surface area contributed by atoms with E-state index in [4.69, 9.17) is 14.2 Å². The van der Waals surface area contributed by atoms with Gasteiger partial charge in [0.1, 0.15) is 36.2 Å². The van der Waals surface area contributed by atoms with Crippen LogP contribution in [-0.4, -0.2) is 56.0 Å². The van der Waals surface area contributed by atoms with Gasteiger partial charge in [-0.3, -0.25) is 0 Å². The van der Waals surface area contributed by atoms with Crippen molar-refractivity contribution >= 4 is 11.5 Å². The van der Waals surface area contributed by atoms with E-state index >= 15 is 0 Å². The highest BCUT2D eigenvalue weighted by molar-refractivity contribution is 5.97. The van der Waals surface area contributed by atoms with E-state index in [1.54, 1.807) is 19.2 Å². The second kappa shape index (κ2) is 6.83. The van der Waals surface area contributed by atoms with E-state index in [2.05, 4.69) is 0 Å². The lowest BCUT2D eigenvalue weighted by molar-refractivity contribution is -0.664. The zero-order valence-corrected chi connectivity index (χ0v) is 15.3. The van der Waals surface area contributed by atoms with Crippen LogP contribution in [0.1, 0.15) is 5.56 Å². The van der Waals surface area contributed by atoms with Crippen molar-refractivity contribution in [2.75, 3.05) is 45.4 Å². The van der Waals surface area contributed by atoms with E-state index in [1.807, 2.05) is 33.7 Å². The average Bonchev–Trinajstić information content (AvgIpc) is 3.02. The number of rotatable bonds is 4. The van der Waals surface area contributed by atoms with E-state index in [0.29, 0.717) is 25.5 Å². The van der Waals surface area contributed by atoms with E-state index < -0.39 is 11.5 Å². The van der Waals surface area contributed by atoms with E-state index in [1.165, 1.54) is 13.2 Å². The number of hydrogen-bond acceptors (Lipinski definition) is 5. The number of β-amino-alcohol motifs (C(OH)–C–C–N with tert-alkyl or cyclic N) is 1. The third kappa shape index (κ3) is 2.93. The van der Waals surface area contributed by atoms with Gasteiger partial charge < -0.3 is 19.3 Å². The zero-order chi connectivity index (χ0) is 19.0. The van der Waals surface area contributed by atoms with Crippen LogP contribution in [0.4, 0.5) is 10.1 Å². The summed E-state index contributed by atoms with van der Waals surface area (Å²) < 4.78 is 32.5. The smallest absolute Gasteiger partial charge is 0.281 e. The molecule has 0 aromatic heterocycles. The van der Waals surface area contributed by atoms with Gasteiger partial charge in [-0.2, -0.15) is 0 Å². The van der Waals surface area contributed by atoms with Crippen molar-refractivity contribution in [3.05, 3.63) is 53.8 Å². The Morgan fingerprint density at radius 3 is 2.48 bits per heavy atom. The summed E-state index contributed by atoms with van der Waals surface area (Å²) in [6.45, 7) is 1.50. The predicted octanol–water partition coefficient (Wildman–Crippen LogP) is 1.95. The minimum absolute atomic E-state index is 0.196. The van der Waals surface area contributed by atoms with E-state index in [9.17, 15) is 9.50 Å². The van der Waals surface area contributed by atoms with Crippen molar-refractivity contribution in [2.45, 2.75) is 5.72 Å². The first-order valence-electron chi connectivity index (χ1n) is 8.76. The van der Waals surface area contributed by atoms with Crippen molar-refractivity contribution < 1.29 is 28.3 Å². The molecule has 0 radical (unpaired) electrons. The standard InChI is InChI=1S/C20H22FN2O4/c1-25-15-5-3-14(4-6-15)22-13-20(24,23-9-10-27-12-19(22)23)17-8-7-16(26-2)11-18(17)21/h3-8,11,24H,9-10,12-13H2,1-2H3/q+1/t20-/m1/s1. The van der Waals surface area contributed by atoms with Crippen LogP contribution in [0.5, 0.6) is 11.5 Å². The molecule has 2 aliphatic rings. The molecule has 27 heavy (non-hydrogen) atoms. The van der Waals surface area contributed by atoms with E-state index in [-0.39, 0.29) is 12.1 Å². The van der Waals surface area contributed by atoms with E-state index in [0.717, 1.165) is 17.3 Å². The maximum atomic E-state index is 14.8. The highest BCUT2D eigenvalue weighted by Gasteiger charge is 2.54. The fourth-order valence-corrected chi connectivity index (χ4v) is 3.73. The molecule has 4 rings (SSSR count). The van der Waals surface area contributed by atoms with Gasteiger partial charge in [0.15, 0.2) is 6.54 Å². The first-order chi connectivity index (χ1) is 13.1. The Kier molecular flexibility index (Phi) is 4.49. The predicted molar refractivity (Wildman–Crippen MR) is 98.1 cm³/mol. The normalized spacial score (nSPS) is 22.0. The minimum atomic E-state index is -1.49. The Labute approximate surface area is 157 Å². The molecule has 2 aromatic carbocycles. The van der Waals surface area contributed by atoms with Crippen LogP contribution in [0.25, 0.3) is 0 Å². The highest BCUT2D eigenvalue weighted by atomic mass is 19.1. The van der Waals surface area contributed by atoms with Crippen LogP contribution in [-0.2, 0) is 10.5 Å². The van der Waals surface area contributed by atoms with Crippen LogP contribution in [0, 0.1) is 5.82 Å².